The van der Waals surface area contributed by atoms with Crippen molar-refractivity contribution >= 4 is 0 Å². The van der Waals surface area contributed by atoms with E-state index in [-0.39, 0.29) is 5.75 Å². The molecule has 3 N–H and O–H groups in total. The lowest BCUT2D eigenvalue weighted by Crippen LogP contribution is -2.06. The third kappa shape index (κ3) is 1.53. The fraction of sp³-hybridized carbons (Fsp3) is 0.400. The van der Waals surface area contributed by atoms with E-state index in [0.29, 0.717) is 6.54 Å². The largest absolute Gasteiger partial charge is 0.508 e. The summed E-state index contributed by atoms with van der Waals surface area (Å²) >= 11 is 0. The lowest BCUT2D eigenvalue weighted by Gasteiger charge is -2.06. The predicted octanol–water partition coefficient (Wildman–Crippen LogP) is 1.36. The topological polar surface area (TPSA) is 52.5 Å². The molecule has 13 heavy (non-hydrogen) atoms. The molecule has 0 atom stereocenters. The molecule has 70 valence electrons. The van der Waals surface area contributed by atoms with Gasteiger partial charge in [-0.25, -0.2) is 5.48 Å². The first-order valence-corrected chi connectivity index (χ1v) is 4.52. The molecule has 3 heteroatoms. The average molecular weight is 179 g/mol. The molecule has 0 aromatic heterocycles. The van der Waals surface area contributed by atoms with Gasteiger partial charge in [0.15, 0.2) is 0 Å². The Morgan fingerprint density at radius 3 is 2.62 bits per heavy atom. The normalized spacial score (nSPS) is 14.5. The van der Waals surface area contributed by atoms with E-state index in [1.807, 2.05) is 12.1 Å². The zero-order chi connectivity index (χ0) is 9.26. The maximum atomic E-state index is 9.55. The Kier molecular flexibility index (Phi) is 2.20. The fourth-order valence-electron chi connectivity index (χ4n) is 1.89. The van der Waals surface area contributed by atoms with Crippen molar-refractivity contribution < 1.29 is 10.3 Å². The van der Waals surface area contributed by atoms with Crippen LogP contribution < -0.4 is 5.48 Å². The van der Waals surface area contributed by atoms with Gasteiger partial charge in [-0.15, -0.1) is 0 Å². The summed E-state index contributed by atoms with van der Waals surface area (Å²) in [5, 5.41) is 18.1. The van der Waals surface area contributed by atoms with Crippen LogP contribution in [0.1, 0.15) is 23.1 Å². The molecular formula is C10H13NO2. The van der Waals surface area contributed by atoms with Gasteiger partial charge in [-0.05, 0) is 36.5 Å². The van der Waals surface area contributed by atoms with Crippen molar-refractivity contribution in [3.8, 4) is 5.75 Å². The van der Waals surface area contributed by atoms with Crippen LogP contribution in [-0.2, 0) is 19.4 Å². The number of fused-ring (bicyclic) bond motifs is 1. The highest BCUT2D eigenvalue weighted by atomic mass is 16.5. The Hall–Kier alpha value is -1.06. The second-order valence-electron chi connectivity index (χ2n) is 3.44. The number of hydrogen-bond donors (Lipinski definition) is 3. The van der Waals surface area contributed by atoms with E-state index < -0.39 is 0 Å². The van der Waals surface area contributed by atoms with Crippen LogP contribution in [-0.4, -0.2) is 10.3 Å². The van der Waals surface area contributed by atoms with E-state index in [2.05, 4.69) is 5.48 Å². The summed E-state index contributed by atoms with van der Waals surface area (Å²) in [7, 11) is 0. The van der Waals surface area contributed by atoms with E-state index in [1.165, 1.54) is 17.5 Å². The Morgan fingerprint density at radius 1 is 1.23 bits per heavy atom. The highest BCUT2D eigenvalue weighted by Gasteiger charge is 2.13. The van der Waals surface area contributed by atoms with Crippen molar-refractivity contribution in [3.63, 3.8) is 0 Å². The number of phenolic OH excluding ortho intramolecular Hbond substituents is 1. The number of benzene rings is 1. The molecule has 0 saturated heterocycles. The molecule has 0 fully saturated rings. The van der Waals surface area contributed by atoms with Crippen molar-refractivity contribution in [1.82, 2.24) is 5.48 Å². The molecule has 1 aliphatic rings. The van der Waals surface area contributed by atoms with E-state index in [9.17, 15) is 5.11 Å². The summed E-state index contributed by atoms with van der Waals surface area (Å²) in [6, 6.07) is 3.79. The van der Waals surface area contributed by atoms with E-state index >= 15 is 0 Å². The number of rotatable bonds is 2. The Balaban J connectivity index is 2.37. The van der Waals surface area contributed by atoms with Crippen molar-refractivity contribution in [1.29, 1.82) is 0 Å². The first-order chi connectivity index (χ1) is 6.31. The van der Waals surface area contributed by atoms with E-state index in [1.54, 1.807) is 0 Å². The van der Waals surface area contributed by atoms with Crippen LogP contribution in [0.15, 0.2) is 12.1 Å². The molecule has 0 amide bonds. The van der Waals surface area contributed by atoms with Crippen LogP contribution in [0.5, 0.6) is 5.75 Å². The second kappa shape index (κ2) is 3.36. The van der Waals surface area contributed by atoms with Gasteiger partial charge in [-0.3, -0.25) is 0 Å². The van der Waals surface area contributed by atoms with E-state index in [0.717, 1.165) is 18.4 Å². The first-order valence-electron chi connectivity index (χ1n) is 4.52. The Morgan fingerprint density at radius 2 is 1.92 bits per heavy atom. The van der Waals surface area contributed by atoms with Crippen molar-refractivity contribution in [2.45, 2.75) is 25.8 Å². The minimum Gasteiger partial charge on any atom is -0.508 e. The van der Waals surface area contributed by atoms with Gasteiger partial charge in [0.2, 0.25) is 0 Å². The third-order valence-electron chi connectivity index (χ3n) is 2.56. The monoisotopic (exact) mass is 179 g/mol. The number of hydrogen-bond acceptors (Lipinski definition) is 3. The maximum Gasteiger partial charge on any atom is 0.120 e. The quantitative estimate of drug-likeness (QED) is 0.601. The molecule has 0 radical (unpaired) electrons. The van der Waals surface area contributed by atoms with Crippen LogP contribution in [0.4, 0.5) is 0 Å². The minimum atomic E-state index is 0.280. The Labute approximate surface area is 77.0 Å². The van der Waals surface area contributed by atoms with Gasteiger partial charge in [0.05, 0.1) is 0 Å². The van der Waals surface area contributed by atoms with Gasteiger partial charge in [-0.2, -0.15) is 0 Å². The fourth-order valence-corrected chi connectivity index (χ4v) is 1.89. The number of aryl methyl sites for hydroxylation is 2. The molecule has 1 aromatic carbocycles. The lowest BCUT2D eigenvalue weighted by molar-refractivity contribution is 0.160. The molecule has 2 rings (SSSR count). The van der Waals surface area contributed by atoms with Gasteiger partial charge < -0.3 is 10.3 Å². The lowest BCUT2D eigenvalue weighted by atomic mass is 10.1. The number of nitrogens with one attached hydrogen (secondary N) is 1. The predicted molar refractivity (Wildman–Crippen MR) is 48.8 cm³/mol. The minimum absolute atomic E-state index is 0.280. The number of aromatic hydroxyl groups is 1. The van der Waals surface area contributed by atoms with Gasteiger partial charge >= 0.3 is 0 Å². The molecular weight excluding hydrogens is 166 g/mol. The SMILES string of the molecule is ONCc1cc2c(cc1O)CCC2. The molecule has 0 bridgehead atoms. The highest BCUT2D eigenvalue weighted by molar-refractivity contribution is 5.43. The molecule has 0 heterocycles. The zero-order valence-electron chi connectivity index (χ0n) is 7.38. The molecule has 0 saturated carbocycles. The smallest absolute Gasteiger partial charge is 0.120 e. The summed E-state index contributed by atoms with van der Waals surface area (Å²) in [5.41, 5.74) is 5.38. The molecule has 0 aliphatic heterocycles. The molecule has 1 aromatic rings. The van der Waals surface area contributed by atoms with Crippen LogP contribution >= 0.6 is 0 Å². The summed E-state index contributed by atoms with van der Waals surface area (Å²) in [5.74, 6) is 0.280. The third-order valence-corrected chi connectivity index (χ3v) is 2.56. The standard InChI is InChI=1S/C10H13NO2/c12-10-5-8-3-1-2-7(8)4-9(10)6-11-13/h4-5,11-13H,1-3,6H2. The average Bonchev–Trinajstić information content (AvgIpc) is 2.52. The molecule has 3 nitrogen and oxygen atoms in total. The second-order valence-corrected chi connectivity index (χ2v) is 3.44. The van der Waals surface area contributed by atoms with Crippen LogP contribution in [0.3, 0.4) is 0 Å². The summed E-state index contributed by atoms with van der Waals surface area (Å²) in [6.45, 7) is 0.305. The zero-order valence-corrected chi connectivity index (χ0v) is 7.38. The van der Waals surface area contributed by atoms with Crippen LogP contribution in [0.25, 0.3) is 0 Å². The van der Waals surface area contributed by atoms with Gasteiger partial charge in [0, 0.05) is 12.1 Å². The summed E-state index contributed by atoms with van der Waals surface area (Å²) in [4.78, 5) is 0. The summed E-state index contributed by atoms with van der Waals surface area (Å²) in [6.07, 6.45) is 3.33. The van der Waals surface area contributed by atoms with Crippen molar-refractivity contribution in [2.75, 3.05) is 0 Å². The Bertz CT molecular complexity index is 323. The molecule has 1 aliphatic carbocycles. The number of phenols is 1. The number of hydroxylamine groups is 1. The summed E-state index contributed by atoms with van der Waals surface area (Å²) < 4.78 is 0. The first kappa shape index (κ1) is 8.53. The van der Waals surface area contributed by atoms with Gasteiger partial charge in [-0.1, -0.05) is 6.07 Å². The van der Waals surface area contributed by atoms with Crippen LogP contribution in [0.2, 0.25) is 0 Å². The van der Waals surface area contributed by atoms with Crippen molar-refractivity contribution in [3.05, 3.63) is 28.8 Å². The molecule has 0 unspecified atom stereocenters. The maximum absolute atomic E-state index is 9.55. The highest BCUT2D eigenvalue weighted by Crippen LogP contribution is 2.28. The van der Waals surface area contributed by atoms with Crippen LogP contribution in [0, 0.1) is 0 Å². The van der Waals surface area contributed by atoms with Gasteiger partial charge in [0.1, 0.15) is 5.75 Å². The van der Waals surface area contributed by atoms with Crippen molar-refractivity contribution in [2.24, 2.45) is 0 Å². The van der Waals surface area contributed by atoms with E-state index in [4.69, 9.17) is 5.21 Å². The molecule has 0 spiro atoms. The van der Waals surface area contributed by atoms with Gasteiger partial charge in [0.25, 0.3) is 0 Å².